The van der Waals surface area contributed by atoms with Crippen LogP contribution in [0.25, 0.3) is 0 Å². The van der Waals surface area contributed by atoms with Crippen molar-refractivity contribution in [2.45, 2.75) is 64.1 Å². The van der Waals surface area contributed by atoms with Crippen molar-refractivity contribution in [1.82, 2.24) is 10.3 Å². The SMILES string of the molecule is COc1ccc2c(n1)N(CC(O)C[N+]1(C(C)(C)C)CCC(NC(=O)[O-])CC1)C(=O)CC2. The summed E-state index contributed by atoms with van der Waals surface area (Å²) < 4.78 is 5.87. The number of aryl methyl sites for hydroxylation is 1. The molecule has 1 saturated heterocycles. The molecule has 2 aliphatic heterocycles. The van der Waals surface area contributed by atoms with Crippen molar-refractivity contribution in [3.05, 3.63) is 17.7 Å². The second-order valence-corrected chi connectivity index (χ2v) is 9.65. The van der Waals surface area contributed by atoms with E-state index in [0.717, 1.165) is 18.7 Å². The molecule has 3 heterocycles. The largest absolute Gasteiger partial charge is 0.530 e. The van der Waals surface area contributed by atoms with Crippen molar-refractivity contribution in [1.29, 1.82) is 0 Å². The van der Waals surface area contributed by atoms with Crippen LogP contribution in [0.5, 0.6) is 5.88 Å². The number of carbonyl (C=O) groups excluding carboxylic acids is 2. The van der Waals surface area contributed by atoms with Gasteiger partial charge in [-0.05, 0) is 38.8 Å². The number of anilines is 1. The number of carboxylic acid groups (broad SMARTS) is 1. The first kappa shape index (κ1) is 23.3. The minimum absolute atomic E-state index is 0.0496. The van der Waals surface area contributed by atoms with Gasteiger partial charge in [-0.3, -0.25) is 9.69 Å². The van der Waals surface area contributed by atoms with Gasteiger partial charge in [-0.15, -0.1) is 0 Å². The quantitative estimate of drug-likeness (QED) is 0.628. The van der Waals surface area contributed by atoms with Crippen molar-refractivity contribution in [2.24, 2.45) is 0 Å². The Bertz CT molecular complexity index is 815. The summed E-state index contributed by atoms with van der Waals surface area (Å²) in [4.78, 5) is 29.6. The number of aliphatic hydroxyl groups is 1. The number of pyridine rings is 1. The van der Waals surface area contributed by atoms with E-state index in [9.17, 15) is 19.8 Å². The predicted octanol–water partition coefficient (Wildman–Crippen LogP) is 0.441. The van der Waals surface area contributed by atoms with Gasteiger partial charge < -0.3 is 29.5 Å². The lowest BCUT2D eigenvalue weighted by molar-refractivity contribution is -0.977. The molecule has 0 radical (unpaired) electrons. The van der Waals surface area contributed by atoms with E-state index >= 15 is 0 Å². The molecular weight excluding hydrogens is 400 g/mol. The van der Waals surface area contributed by atoms with Gasteiger partial charge >= 0.3 is 0 Å². The second-order valence-electron chi connectivity index (χ2n) is 9.65. The Hall–Kier alpha value is -2.39. The molecule has 1 aromatic heterocycles. The normalized spacial score (nSPS) is 25.0. The van der Waals surface area contributed by atoms with E-state index in [2.05, 4.69) is 31.1 Å². The summed E-state index contributed by atoms with van der Waals surface area (Å²) in [6.07, 6.45) is 0.402. The number of methoxy groups -OCH3 is 1. The van der Waals surface area contributed by atoms with Gasteiger partial charge in [-0.25, -0.2) is 0 Å². The van der Waals surface area contributed by atoms with Crippen molar-refractivity contribution in [2.75, 3.05) is 38.2 Å². The van der Waals surface area contributed by atoms with Crippen LogP contribution in [0.1, 0.15) is 45.6 Å². The highest BCUT2D eigenvalue weighted by molar-refractivity contribution is 5.95. The molecule has 9 nitrogen and oxygen atoms in total. The number of piperidine rings is 1. The summed E-state index contributed by atoms with van der Waals surface area (Å²) >= 11 is 0. The van der Waals surface area contributed by atoms with Crippen LogP contribution >= 0.6 is 0 Å². The first-order valence-corrected chi connectivity index (χ1v) is 10.9. The van der Waals surface area contributed by atoms with E-state index < -0.39 is 12.2 Å². The lowest BCUT2D eigenvalue weighted by Crippen LogP contribution is -2.68. The molecule has 2 amide bonds. The number of β-amino-alcohol motifs (C(OH)–C–C–N with tert-alkyl or cyclic N) is 1. The molecule has 0 aromatic carbocycles. The number of nitrogens with zero attached hydrogens (tertiary/aromatic N) is 3. The van der Waals surface area contributed by atoms with Gasteiger partial charge in [0.1, 0.15) is 24.6 Å². The van der Waals surface area contributed by atoms with Crippen molar-refractivity contribution < 1.29 is 29.0 Å². The summed E-state index contributed by atoms with van der Waals surface area (Å²) in [5.41, 5.74) is 0.833. The van der Waals surface area contributed by atoms with E-state index in [1.54, 1.807) is 11.0 Å². The van der Waals surface area contributed by atoms with Gasteiger partial charge in [-0.2, -0.15) is 4.98 Å². The van der Waals surface area contributed by atoms with E-state index in [-0.39, 0.29) is 24.0 Å². The second kappa shape index (κ2) is 9.00. The van der Waals surface area contributed by atoms with Crippen LogP contribution in [0.3, 0.4) is 0 Å². The minimum atomic E-state index is -1.24. The van der Waals surface area contributed by atoms with Crippen LogP contribution in [-0.4, -0.2) is 77.5 Å². The molecule has 0 saturated carbocycles. The van der Waals surface area contributed by atoms with Gasteiger partial charge in [0.2, 0.25) is 11.8 Å². The number of aliphatic hydroxyl groups excluding tert-OH is 1. The topological polar surface area (TPSA) is 115 Å². The van der Waals surface area contributed by atoms with E-state index in [0.29, 0.717) is 48.4 Å². The molecule has 2 aliphatic rings. The molecule has 1 atom stereocenters. The molecule has 0 spiro atoms. The van der Waals surface area contributed by atoms with Crippen molar-refractivity contribution >= 4 is 17.8 Å². The smallest absolute Gasteiger partial charge is 0.228 e. The van der Waals surface area contributed by atoms with E-state index in [1.165, 1.54) is 7.11 Å². The molecule has 1 unspecified atom stereocenters. The Morgan fingerprint density at radius 3 is 2.61 bits per heavy atom. The van der Waals surface area contributed by atoms with Gasteiger partial charge in [0.05, 0.1) is 32.3 Å². The van der Waals surface area contributed by atoms with Gasteiger partial charge in [0.15, 0.2) is 0 Å². The minimum Gasteiger partial charge on any atom is -0.530 e. The monoisotopic (exact) mass is 434 g/mol. The highest BCUT2D eigenvalue weighted by Gasteiger charge is 2.45. The molecule has 1 fully saturated rings. The third kappa shape index (κ3) is 5.10. The van der Waals surface area contributed by atoms with Crippen molar-refractivity contribution in [3.63, 3.8) is 0 Å². The molecule has 9 heteroatoms. The first-order chi connectivity index (χ1) is 14.5. The van der Waals surface area contributed by atoms with Crippen LogP contribution in [0.15, 0.2) is 12.1 Å². The average Bonchev–Trinajstić information content (AvgIpc) is 2.70. The molecule has 172 valence electrons. The zero-order valence-electron chi connectivity index (χ0n) is 18.9. The Kier molecular flexibility index (Phi) is 6.76. The lowest BCUT2D eigenvalue weighted by atomic mass is 9.92. The number of hydrogen-bond acceptors (Lipinski definition) is 6. The molecular formula is C22H34N4O5. The van der Waals surface area contributed by atoms with Gasteiger partial charge in [-0.1, -0.05) is 0 Å². The maximum Gasteiger partial charge on any atom is 0.228 e. The zero-order valence-corrected chi connectivity index (χ0v) is 18.9. The van der Waals surface area contributed by atoms with Crippen LogP contribution < -0.4 is 20.1 Å². The van der Waals surface area contributed by atoms with E-state index in [1.807, 2.05) is 6.07 Å². The summed E-state index contributed by atoms with van der Waals surface area (Å²) in [5, 5.41) is 24.4. The summed E-state index contributed by atoms with van der Waals surface area (Å²) in [6, 6.07) is 3.59. The standard InChI is InChI=1S/C22H34N4O5/c1-22(2,3)26(11-9-16(10-12-26)23-21(29)30)14-17(27)13-25-19(28)8-6-15-5-7-18(31-4)24-20(15)25/h5,7,16-17,23,27H,6,8-14H2,1-4H3. The molecule has 3 rings (SSSR count). The van der Waals surface area contributed by atoms with Crippen LogP contribution in [0, 0.1) is 0 Å². The maximum atomic E-state index is 12.7. The highest BCUT2D eigenvalue weighted by atomic mass is 16.5. The molecule has 0 aliphatic carbocycles. The Morgan fingerprint density at radius 1 is 1.35 bits per heavy atom. The number of aromatic nitrogens is 1. The van der Waals surface area contributed by atoms with Crippen LogP contribution in [0.2, 0.25) is 0 Å². The number of hydrogen-bond donors (Lipinski definition) is 2. The number of nitrogens with one attached hydrogen (secondary N) is 1. The van der Waals surface area contributed by atoms with Crippen LogP contribution in [-0.2, 0) is 11.2 Å². The Labute approximate surface area is 183 Å². The number of ether oxygens (including phenoxy) is 1. The number of likely N-dealkylation sites (tertiary alicyclic amines) is 1. The number of carbonyl (C=O) groups is 2. The lowest BCUT2D eigenvalue weighted by Gasteiger charge is -2.53. The molecule has 1 aromatic rings. The third-order valence-electron chi connectivity index (χ3n) is 6.81. The highest BCUT2D eigenvalue weighted by Crippen LogP contribution is 2.32. The Balaban J connectivity index is 1.74. The zero-order chi connectivity index (χ0) is 22.8. The number of fused-ring (bicyclic) bond motifs is 1. The number of rotatable bonds is 6. The molecule has 31 heavy (non-hydrogen) atoms. The Morgan fingerprint density at radius 2 is 2.03 bits per heavy atom. The van der Waals surface area contributed by atoms with Gasteiger partial charge in [0.25, 0.3) is 0 Å². The van der Waals surface area contributed by atoms with Crippen LogP contribution in [0.4, 0.5) is 10.6 Å². The first-order valence-electron chi connectivity index (χ1n) is 10.9. The summed E-state index contributed by atoms with van der Waals surface area (Å²) in [7, 11) is 1.54. The fraction of sp³-hybridized carbons (Fsp3) is 0.682. The van der Waals surface area contributed by atoms with Crippen molar-refractivity contribution in [3.8, 4) is 5.88 Å². The third-order valence-corrected chi connectivity index (χ3v) is 6.81. The average molecular weight is 435 g/mol. The summed E-state index contributed by atoms with van der Waals surface area (Å²) in [5.74, 6) is 0.953. The summed E-state index contributed by atoms with van der Waals surface area (Å²) in [6.45, 7) is 8.54. The maximum absolute atomic E-state index is 12.7. The molecule has 0 bridgehead atoms. The fourth-order valence-electron chi connectivity index (χ4n) is 4.86. The fourth-order valence-corrected chi connectivity index (χ4v) is 4.86. The van der Waals surface area contributed by atoms with Gasteiger partial charge in [0, 0.05) is 31.4 Å². The van der Waals surface area contributed by atoms with E-state index in [4.69, 9.17) is 4.74 Å². The number of amides is 2. The molecule has 2 N–H and O–H groups in total. The predicted molar refractivity (Wildman–Crippen MR) is 114 cm³/mol. The number of quaternary nitrogens is 1.